The first-order valence-electron chi connectivity index (χ1n) is 9.49. The summed E-state index contributed by atoms with van der Waals surface area (Å²) in [5.74, 6) is -0.712. The van der Waals surface area contributed by atoms with Crippen LogP contribution in [0.1, 0.15) is 47.0 Å². The normalized spacial score (nSPS) is 24.7. The van der Waals surface area contributed by atoms with Crippen LogP contribution >= 0.6 is 0 Å². The second-order valence-corrected chi connectivity index (χ2v) is 8.90. The Balaban J connectivity index is 1.59. The van der Waals surface area contributed by atoms with E-state index in [2.05, 4.69) is 43.6 Å². The number of rotatable bonds is 3. The average Bonchev–Trinajstić information content (AvgIpc) is 2.85. The Kier molecular flexibility index (Phi) is 5.16. The van der Waals surface area contributed by atoms with E-state index in [0.29, 0.717) is 13.0 Å². The van der Waals surface area contributed by atoms with Crippen molar-refractivity contribution in [3.8, 4) is 0 Å². The monoisotopic (exact) mass is 376 g/mol. The van der Waals surface area contributed by atoms with Crippen molar-refractivity contribution in [2.75, 3.05) is 11.4 Å². The van der Waals surface area contributed by atoms with Crippen molar-refractivity contribution in [1.82, 2.24) is 16.0 Å². The number of carbonyl (C=O) groups is 2. The number of benzene rings is 1. The van der Waals surface area contributed by atoms with Gasteiger partial charge in [-0.15, -0.1) is 0 Å². The fraction of sp³-hybridized carbons (Fsp3) is 0.600. The summed E-state index contributed by atoms with van der Waals surface area (Å²) in [7, 11) is 0. The molecule has 0 bridgehead atoms. The van der Waals surface area contributed by atoms with Gasteiger partial charge < -0.3 is 20.9 Å². The van der Waals surface area contributed by atoms with E-state index in [9.17, 15) is 14.0 Å². The number of hydrogen-bond acceptors (Lipinski definition) is 3. The van der Waals surface area contributed by atoms with Gasteiger partial charge >= 0.3 is 6.03 Å². The summed E-state index contributed by atoms with van der Waals surface area (Å²) in [5.41, 5.74) is 0.101. The van der Waals surface area contributed by atoms with Crippen LogP contribution in [0.3, 0.4) is 0 Å². The van der Waals surface area contributed by atoms with Crippen LogP contribution in [0.2, 0.25) is 0 Å². The molecule has 27 heavy (non-hydrogen) atoms. The minimum atomic E-state index is -0.632. The first-order valence-corrected chi connectivity index (χ1v) is 9.49. The Morgan fingerprint density at radius 3 is 2.41 bits per heavy atom. The molecule has 0 saturated carbocycles. The van der Waals surface area contributed by atoms with Crippen LogP contribution in [-0.2, 0) is 4.79 Å². The van der Waals surface area contributed by atoms with Gasteiger partial charge in [-0.2, -0.15) is 0 Å². The van der Waals surface area contributed by atoms with Gasteiger partial charge in [0.1, 0.15) is 11.9 Å². The Labute approximate surface area is 159 Å². The number of nitrogens with zero attached hydrogens (tertiary/aromatic N) is 1. The van der Waals surface area contributed by atoms with Gasteiger partial charge in [0.05, 0.1) is 5.69 Å². The van der Waals surface area contributed by atoms with Crippen LogP contribution in [0.4, 0.5) is 14.9 Å². The van der Waals surface area contributed by atoms with Gasteiger partial charge in [-0.05, 0) is 59.1 Å². The lowest BCUT2D eigenvalue weighted by Gasteiger charge is -2.46. The van der Waals surface area contributed by atoms with Crippen molar-refractivity contribution >= 4 is 17.6 Å². The van der Waals surface area contributed by atoms with Gasteiger partial charge in [0, 0.05) is 23.7 Å². The van der Waals surface area contributed by atoms with E-state index in [0.717, 1.165) is 12.8 Å². The lowest BCUT2D eigenvalue weighted by atomic mass is 9.80. The molecule has 2 aliphatic heterocycles. The lowest BCUT2D eigenvalue weighted by molar-refractivity contribution is -0.118. The van der Waals surface area contributed by atoms with Gasteiger partial charge in [0.15, 0.2) is 0 Å². The maximum absolute atomic E-state index is 14.0. The van der Waals surface area contributed by atoms with Gasteiger partial charge in [-0.3, -0.25) is 4.79 Å². The highest BCUT2D eigenvalue weighted by atomic mass is 19.1. The summed E-state index contributed by atoms with van der Waals surface area (Å²) in [6.07, 6.45) is 2.08. The predicted molar refractivity (Wildman–Crippen MR) is 103 cm³/mol. The van der Waals surface area contributed by atoms with Crippen molar-refractivity contribution in [2.24, 2.45) is 0 Å². The molecular weight excluding hydrogens is 347 g/mol. The SMILES string of the molecule is CC1(C)CC(NC(=O)NC2CCN(c3ccccc3F)C2=O)CC(C)(C)N1. The summed E-state index contributed by atoms with van der Waals surface area (Å²) in [5, 5.41) is 9.35. The molecule has 0 aromatic heterocycles. The van der Waals surface area contributed by atoms with E-state index >= 15 is 0 Å². The van der Waals surface area contributed by atoms with Crippen molar-refractivity contribution < 1.29 is 14.0 Å². The van der Waals surface area contributed by atoms with Crippen LogP contribution in [0.5, 0.6) is 0 Å². The van der Waals surface area contributed by atoms with E-state index in [1.807, 2.05) is 0 Å². The summed E-state index contributed by atoms with van der Waals surface area (Å²) in [6, 6.07) is 5.24. The molecule has 7 heteroatoms. The van der Waals surface area contributed by atoms with Crippen molar-refractivity contribution in [2.45, 2.75) is 70.1 Å². The number of anilines is 1. The zero-order valence-corrected chi connectivity index (χ0v) is 16.4. The maximum atomic E-state index is 14.0. The third-order valence-electron chi connectivity index (χ3n) is 5.18. The molecule has 3 amide bonds. The molecule has 3 rings (SSSR count). The number of urea groups is 1. The van der Waals surface area contributed by atoms with Gasteiger partial charge in [-0.1, -0.05) is 12.1 Å². The third kappa shape index (κ3) is 4.58. The van der Waals surface area contributed by atoms with Gasteiger partial charge in [0.2, 0.25) is 5.91 Å². The van der Waals surface area contributed by atoms with E-state index < -0.39 is 11.9 Å². The minimum Gasteiger partial charge on any atom is -0.335 e. The van der Waals surface area contributed by atoms with Crippen LogP contribution in [0.15, 0.2) is 24.3 Å². The van der Waals surface area contributed by atoms with E-state index in [-0.39, 0.29) is 34.7 Å². The van der Waals surface area contributed by atoms with Crippen molar-refractivity contribution in [3.63, 3.8) is 0 Å². The fourth-order valence-electron chi connectivity index (χ4n) is 4.53. The zero-order valence-electron chi connectivity index (χ0n) is 16.4. The Bertz CT molecular complexity index is 718. The second-order valence-electron chi connectivity index (χ2n) is 8.90. The van der Waals surface area contributed by atoms with Crippen LogP contribution in [0.25, 0.3) is 0 Å². The molecule has 0 aliphatic carbocycles. The van der Waals surface area contributed by atoms with Crippen molar-refractivity contribution in [1.29, 1.82) is 0 Å². The molecule has 2 aliphatic rings. The number of piperidine rings is 1. The Hall–Kier alpha value is -2.15. The largest absolute Gasteiger partial charge is 0.335 e. The van der Waals surface area contributed by atoms with Gasteiger partial charge in [0.25, 0.3) is 0 Å². The number of amides is 3. The first-order chi connectivity index (χ1) is 12.6. The third-order valence-corrected chi connectivity index (χ3v) is 5.18. The highest BCUT2D eigenvalue weighted by Gasteiger charge is 2.39. The fourth-order valence-corrected chi connectivity index (χ4v) is 4.53. The van der Waals surface area contributed by atoms with E-state index in [4.69, 9.17) is 0 Å². The van der Waals surface area contributed by atoms with Crippen molar-refractivity contribution in [3.05, 3.63) is 30.1 Å². The summed E-state index contributed by atoms with van der Waals surface area (Å²) < 4.78 is 14.0. The molecule has 148 valence electrons. The molecular formula is C20H29FN4O2. The van der Waals surface area contributed by atoms with E-state index in [1.165, 1.54) is 11.0 Å². The molecule has 3 N–H and O–H groups in total. The van der Waals surface area contributed by atoms with Crippen LogP contribution in [-0.4, -0.2) is 41.6 Å². The molecule has 2 saturated heterocycles. The average molecular weight is 376 g/mol. The standard InChI is InChI=1S/C20H29FN4O2/c1-19(2)11-13(12-20(3,4)24-19)22-18(27)23-15-9-10-25(17(15)26)16-8-6-5-7-14(16)21/h5-8,13,15,24H,9-12H2,1-4H3,(H2,22,23,27). The number of para-hydroxylation sites is 1. The predicted octanol–water partition coefficient (Wildman–Crippen LogP) is 2.54. The number of nitrogens with one attached hydrogen (secondary N) is 3. The molecule has 1 aromatic rings. The maximum Gasteiger partial charge on any atom is 0.315 e. The topological polar surface area (TPSA) is 73.5 Å². The smallest absolute Gasteiger partial charge is 0.315 e. The second kappa shape index (κ2) is 7.11. The Morgan fingerprint density at radius 1 is 1.15 bits per heavy atom. The summed E-state index contributed by atoms with van der Waals surface area (Å²) in [4.78, 5) is 26.5. The van der Waals surface area contributed by atoms with E-state index in [1.54, 1.807) is 18.2 Å². The molecule has 2 fully saturated rings. The molecule has 1 atom stereocenters. The zero-order chi connectivity index (χ0) is 19.8. The molecule has 1 unspecified atom stereocenters. The number of carbonyl (C=O) groups excluding carboxylic acids is 2. The highest BCUT2D eigenvalue weighted by molar-refractivity contribution is 6.01. The van der Waals surface area contributed by atoms with Crippen LogP contribution in [0, 0.1) is 5.82 Å². The molecule has 2 heterocycles. The quantitative estimate of drug-likeness (QED) is 0.759. The van der Waals surface area contributed by atoms with Crippen LogP contribution < -0.4 is 20.9 Å². The first kappa shape index (κ1) is 19.6. The minimum absolute atomic E-state index is 0.0235. The number of hydrogen-bond donors (Lipinski definition) is 3. The molecule has 6 nitrogen and oxygen atoms in total. The molecule has 0 spiro atoms. The molecule has 0 radical (unpaired) electrons. The Morgan fingerprint density at radius 2 is 1.78 bits per heavy atom. The summed E-state index contributed by atoms with van der Waals surface area (Å²) >= 11 is 0. The lowest BCUT2D eigenvalue weighted by Crippen LogP contribution is -2.63. The van der Waals surface area contributed by atoms with Gasteiger partial charge in [-0.25, -0.2) is 9.18 Å². The molecule has 1 aromatic carbocycles. The highest BCUT2D eigenvalue weighted by Crippen LogP contribution is 2.28. The number of halogens is 1. The summed E-state index contributed by atoms with van der Waals surface area (Å²) in [6.45, 7) is 8.86.